The van der Waals surface area contributed by atoms with E-state index in [9.17, 15) is 4.21 Å². The van der Waals surface area contributed by atoms with Gasteiger partial charge in [0.25, 0.3) is 0 Å². The third-order valence-corrected chi connectivity index (χ3v) is 3.55. The van der Waals surface area contributed by atoms with Gasteiger partial charge >= 0.3 is 0 Å². The first-order valence-corrected chi connectivity index (χ1v) is 7.31. The van der Waals surface area contributed by atoms with E-state index >= 15 is 0 Å². The Balaban J connectivity index is 2.52. The van der Waals surface area contributed by atoms with Gasteiger partial charge in [0, 0.05) is 12.0 Å². The van der Waals surface area contributed by atoms with Crippen LogP contribution < -0.4 is 0 Å². The van der Waals surface area contributed by atoms with E-state index in [1.807, 2.05) is 6.08 Å². The average molecular weight is 268 g/mol. The predicted octanol–water partition coefficient (Wildman–Crippen LogP) is 2.52. The molecule has 0 heterocycles. The second-order valence-corrected chi connectivity index (χ2v) is 6.19. The minimum atomic E-state index is -1.67. The summed E-state index contributed by atoms with van der Waals surface area (Å²) < 4.78 is 20.2. The largest absolute Gasteiger partial charge is 0.325 e. The first kappa shape index (κ1) is 15.1. The van der Waals surface area contributed by atoms with E-state index in [1.54, 1.807) is 0 Å². The van der Waals surface area contributed by atoms with Crippen LogP contribution in [0, 0.1) is 0 Å². The first-order valence-electron chi connectivity index (χ1n) is 6.04. The lowest BCUT2D eigenvalue weighted by Crippen LogP contribution is -2.40. The summed E-state index contributed by atoms with van der Waals surface area (Å²) in [6.45, 7) is 5.56. The summed E-state index contributed by atoms with van der Waals surface area (Å²) in [6, 6.07) is 8.35. The third-order valence-electron chi connectivity index (χ3n) is 2.91. The van der Waals surface area contributed by atoms with Gasteiger partial charge in [0.15, 0.2) is 11.1 Å². The van der Waals surface area contributed by atoms with Gasteiger partial charge in [-0.05, 0) is 5.56 Å². The van der Waals surface area contributed by atoms with Crippen molar-refractivity contribution in [3.63, 3.8) is 0 Å². The van der Waals surface area contributed by atoms with E-state index in [2.05, 4.69) is 44.9 Å². The molecule has 3 nitrogen and oxygen atoms in total. The van der Waals surface area contributed by atoms with E-state index in [1.165, 1.54) is 5.56 Å². The summed E-state index contributed by atoms with van der Waals surface area (Å²) in [5.41, 5.74) is 2.40. The van der Waals surface area contributed by atoms with Gasteiger partial charge in [-0.3, -0.25) is 0 Å². The molecule has 0 aliphatic heterocycles. The Labute approximate surface area is 112 Å². The molecule has 1 aromatic carbocycles. The van der Waals surface area contributed by atoms with Gasteiger partial charge in [0.05, 0.1) is 26.4 Å². The van der Waals surface area contributed by atoms with Crippen LogP contribution in [0.1, 0.15) is 17.5 Å². The van der Waals surface area contributed by atoms with E-state index in [0.29, 0.717) is 5.75 Å². The molecular weight excluding hydrogens is 246 g/mol. The minimum Gasteiger partial charge on any atom is -0.325 e. The van der Waals surface area contributed by atoms with Crippen LogP contribution in [0.3, 0.4) is 0 Å². The van der Waals surface area contributed by atoms with Crippen molar-refractivity contribution in [3.8, 4) is 0 Å². The Kier molecular flexibility index (Phi) is 5.72. The lowest BCUT2D eigenvalue weighted by Gasteiger charge is -2.29. The summed E-state index contributed by atoms with van der Waals surface area (Å²) in [5, 5.41) is 0. The van der Waals surface area contributed by atoms with Gasteiger partial charge in [-0.2, -0.15) is 0 Å². The van der Waals surface area contributed by atoms with Gasteiger partial charge in [0.2, 0.25) is 0 Å². The van der Waals surface area contributed by atoms with Crippen LogP contribution in [0.25, 0.3) is 6.08 Å². The molecule has 0 amide bonds. The Bertz CT molecular complexity index is 412. The molecule has 0 aromatic heterocycles. The van der Waals surface area contributed by atoms with E-state index in [0.717, 1.165) is 29.6 Å². The molecule has 0 spiro atoms. The molecule has 4 heteroatoms. The number of quaternary nitrogens is 1. The molecule has 100 valence electrons. The van der Waals surface area contributed by atoms with Crippen LogP contribution in [-0.2, 0) is 17.6 Å². The molecule has 0 radical (unpaired) electrons. The van der Waals surface area contributed by atoms with Crippen molar-refractivity contribution in [1.29, 1.82) is 0 Å². The zero-order valence-electron chi connectivity index (χ0n) is 11.1. The number of hydrogen-bond donors (Lipinski definition) is 1. The molecule has 1 unspecified atom stereocenters. The summed E-state index contributed by atoms with van der Waals surface area (Å²) >= 11 is -1.67. The zero-order chi connectivity index (χ0) is 13.6. The number of nitrogens with zero attached hydrogens (tertiary/aromatic N) is 1. The zero-order valence-corrected chi connectivity index (χ0v) is 11.9. The van der Waals surface area contributed by atoms with Crippen molar-refractivity contribution in [2.24, 2.45) is 0 Å². The fourth-order valence-corrected chi connectivity index (χ4v) is 2.32. The molecule has 0 fully saturated rings. The van der Waals surface area contributed by atoms with Crippen molar-refractivity contribution in [2.75, 3.05) is 26.4 Å². The molecule has 1 rings (SSSR count). The Hall–Kier alpha value is -0.970. The molecule has 0 aliphatic carbocycles. The van der Waals surface area contributed by atoms with Crippen molar-refractivity contribution < 1.29 is 13.2 Å². The number of hydrogen-bond acceptors (Lipinski definition) is 1. The van der Waals surface area contributed by atoms with Crippen molar-refractivity contribution in [3.05, 3.63) is 42.0 Å². The quantitative estimate of drug-likeness (QED) is 0.609. The SMILES string of the molecule is C=Cc1ccc(C[N+](C)(C)CCCS(=O)O)cc1. The Morgan fingerprint density at radius 2 is 1.94 bits per heavy atom. The highest BCUT2D eigenvalue weighted by atomic mass is 32.2. The molecule has 1 aromatic rings. The van der Waals surface area contributed by atoms with Crippen molar-refractivity contribution >= 4 is 17.2 Å². The first-order chi connectivity index (χ1) is 8.43. The molecule has 1 N–H and O–H groups in total. The highest BCUT2D eigenvalue weighted by Gasteiger charge is 2.15. The van der Waals surface area contributed by atoms with Crippen molar-refractivity contribution in [1.82, 2.24) is 0 Å². The van der Waals surface area contributed by atoms with Gasteiger partial charge < -0.3 is 9.04 Å². The second-order valence-electron chi connectivity index (χ2n) is 5.14. The summed E-state index contributed by atoms with van der Waals surface area (Å²) in [6.07, 6.45) is 2.60. The number of rotatable bonds is 7. The smallest absolute Gasteiger partial charge is 0.153 e. The highest BCUT2D eigenvalue weighted by Crippen LogP contribution is 2.12. The van der Waals surface area contributed by atoms with Crippen LogP contribution in [-0.4, -0.2) is 39.6 Å². The Morgan fingerprint density at radius 3 is 2.44 bits per heavy atom. The standard InChI is InChI=1S/C14H21NO2S/c1-4-13-6-8-14(9-7-13)12-15(2,3)10-5-11-18(16)17/h4,6-9H,1,5,10-12H2,2-3H3/p+1. The number of benzene rings is 1. The lowest BCUT2D eigenvalue weighted by atomic mass is 10.1. The van der Waals surface area contributed by atoms with Gasteiger partial charge in [-0.25, -0.2) is 4.21 Å². The highest BCUT2D eigenvalue weighted by molar-refractivity contribution is 7.79. The van der Waals surface area contributed by atoms with Gasteiger partial charge in [-0.15, -0.1) is 0 Å². The topological polar surface area (TPSA) is 37.3 Å². The summed E-state index contributed by atoms with van der Waals surface area (Å²) in [7, 11) is 4.28. The maximum atomic E-state index is 10.6. The maximum Gasteiger partial charge on any atom is 0.153 e. The molecular formula is C14H22NO2S+. The maximum absolute atomic E-state index is 10.6. The third kappa shape index (κ3) is 5.58. The summed E-state index contributed by atoms with van der Waals surface area (Å²) in [5.74, 6) is 0.358. The van der Waals surface area contributed by atoms with Crippen LogP contribution in [0.15, 0.2) is 30.8 Å². The van der Waals surface area contributed by atoms with E-state index in [4.69, 9.17) is 4.55 Å². The molecule has 0 bridgehead atoms. The Morgan fingerprint density at radius 1 is 1.33 bits per heavy atom. The molecule has 0 saturated heterocycles. The molecule has 1 atom stereocenters. The van der Waals surface area contributed by atoms with Crippen LogP contribution in [0.5, 0.6) is 0 Å². The predicted molar refractivity (Wildman–Crippen MR) is 77.5 cm³/mol. The fourth-order valence-electron chi connectivity index (χ4n) is 1.95. The molecule has 18 heavy (non-hydrogen) atoms. The van der Waals surface area contributed by atoms with Crippen LogP contribution in [0.4, 0.5) is 0 Å². The van der Waals surface area contributed by atoms with Gasteiger partial charge in [-0.1, -0.05) is 36.9 Å². The summed E-state index contributed by atoms with van der Waals surface area (Å²) in [4.78, 5) is 0. The van der Waals surface area contributed by atoms with Crippen LogP contribution >= 0.6 is 0 Å². The monoisotopic (exact) mass is 268 g/mol. The fraction of sp³-hybridized carbons (Fsp3) is 0.429. The van der Waals surface area contributed by atoms with Crippen LogP contribution in [0.2, 0.25) is 0 Å². The minimum absolute atomic E-state index is 0.358. The molecule has 0 saturated carbocycles. The lowest BCUT2D eigenvalue weighted by molar-refractivity contribution is -0.903. The van der Waals surface area contributed by atoms with Crippen molar-refractivity contribution in [2.45, 2.75) is 13.0 Å². The average Bonchev–Trinajstić information content (AvgIpc) is 2.28. The van der Waals surface area contributed by atoms with E-state index < -0.39 is 11.1 Å². The second kappa shape index (κ2) is 6.83. The van der Waals surface area contributed by atoms with Gasteiger partial charge in [0.1, 0.15) is 6.54 Å². The molecule has 0 aliphatic rings. The normalized spacial score (nSPS) is 13.3. The van der Waals surface area contributed by atoms with E-state index in [-0.39, 0.29) is 0 Å².